The number of ether oxygens (including phenoxy) is 2. The predicted octanol–water partition coefficient (Wildman–Crippen LogP) is 5.21. The lowest BCUT2D eigenvalue weighted by atomic mass is 10.00. The van der Waals surface area contributed by atoms with E-state index in [1.54, 1.807) is 29.2 Å². The van der Waals surface area contributed by atoms with Gasteiger partial charge in [-0.1, -0.05) is 60.1 Å². The predicted molar refractivity (Wildman–Crippen MR) is 173 cm³/mol. The highest BCUT2D eigenvalue weighted by molar-refractivity contribution is 7.92. The van der Waals surface area contributed by atoms with Crippen molar-refractivity contribution in [3.05, 3.63) is 88.9 Å². The van der Waals surface area contributed by atoms with E-state index in [9.17, 15) is 18.0 Å². The molecule has 3 aromatic rings. The van der Waals surface area contributed by atoms with E-state index in [2.05, 4.69) is 5.32 Å². The summed E-state index contributed by atoms with van der Waals surface area (Å²) in [4.78, 5) is 29.3. The van der Waals surface area contributed by atoms with Crippen molar-refractivity contribution in [3.63, 3.8) is 0 Å². The summed E-state index contributed by atoms with van der Waals surface area (Å²) >= 11 is 6.51. The number of hydrogen-bond acceptors (Lipinski definition) is 6. The summed E-state index contributed by atoms with van der Waals surface area (Å²) in [7, 11) is -3.68. The van der Waals surface area contributed by atoms with E-state index in [-0.39, 0.29) is 37.7 Å². The molecule has 0 bridgehead atoms. The Bertz CT molecular complexity index is 1560. The number of fused-ring (bicyclic) bond motifs is 1. The zero-order valence-electron chi connectivity index (χ0n) is 25.6. The standard InChI is InChI=1S/C33H40ClN3O6S/c1-33(2,3)35-32(39)28(21-24-11-6-5-7-12-24)36(23-25-13-8-9-14-27(25)34)31(38)15-10-18-37(44(4,40)41)26-16-17-29-30(22-26)43-20-19-42-29/h5-9,11-14,16-17,22,28H,10,15,18-21,23H2,1-4H3,(H,35,39)/t28-/m1/s1. The number of rotatable bonds is 12. The van der Waals surface area contributed by atoms with E-state index in [1.165, 1.54) is 4.31 Å². The van der Waals surface area contributed by atoms with Gasteiger partial charge >= 0.3 is 0 Å². The molecule has 0 saturated carbocycles. The van der Waals surface area contributed by atoms with Gasteiger partial charge in [-0.3, -0.25) is 13.9 Å². The van der Waals surface area contributed by atoms with Crippen molar-refractivity contribution in [1.82, 2.24) is 10.2 Å². The Morgan fingerprint density at radius 2 is 1.61 bits per heavy atom. The highest BCUT2D eigenvalue weighted by Crippen LogP contribution is 2.35. The van der Waals surface area contributed by atoms with Gasteiger partial charge in [0.2, 0.25) is 21.8 Å². The van der Waals surface area contributed by atoms with E-state index < -0.39 is 21.6 Å². The first-order valence-corrected chi connectivity index (χ1v) is 16.8. The molecule has 0 fully saturated rings. The molecule has 4 rings (SSSR count). The minimum atomic E-state index is -3.68. The van der Waals surface area contributed by atoms with Crippen LogP contribution in [-0.2, 0) is 32.6 Å². The van der Waals surface area contributed by atoms with Gasteiger partial charge in [0.25, 0.3) is 0 Å². The first-order valence-electron chi connectivity index (χ1n) is 14.6. The van der Waals surface area contributed by atoms with E-state index in [0.29, 0.717) is 47.4 Å². The minimum absolute atomic E-state index is 0.00904. The maximum absolute atomic E-state index is 14.0. The molecule has 11 heteroatoms. The molecular weight excluding hydrogens is 602 g/mol. The van der Waals surface area contributed by atoms with Gasteiger partial charge in [0, 0.05) is 42.6 Å². The maximum Gasteiger partial charge on any atom is 0.243 e. The molecule has 0 aromatic heterocycles. The topological polar surface area (TPSA) is 105 Å². The third-order valence-electron chi connectivity index (χ3n) is 7.03. The molecule has 9 nitrogen and oxygen atoms in total. The van der Waals surface area contributed by atoms with Crippen molar-refractivity contribution >= 4 is 39.1 Å². The van der Waals surface area contributed by atoms with Crippen LogP contribution in [0.15, 0.2) is 72.8 Å². The molecule has 0 spiro atoms. The highest BCUT2D eigenvalue weighted by atomic mass is 35.5. The molecular formula is C33H40ClN3O6S. The Hall–Kier alpha value is -3.76. The number of nitrogens with zero attached hydrogens (tertiary/aromatic N) is 2. The molecule has 44 heavy (non-hydrogen) atoms. The van der Waals surface area contributed by atoms with Crippen LogP contribution in [0.1, 0.15) is 44.7 Å². The van der Waals surface area contributed by atoms with E-state index in [1.807, 2.05) is 69.3 Å². The normalized spacial score (nSPS) is 13.6. The Kier molecular flexibility index (Phi) is 10.8. The molecule has 0 saturated heterocycles. The van der Waals surface area contributed by atoms with Crippen molar-refractivity contribution in [2.45, 2.75) is 58.2 Å². The Morgan fingerprint density at radius 3 is 2.27 bits per heavy atom. The van der Waals surface area contributed by atoms with Crippen molar-refractivity contribution in [3.8, 4) is 11.5 Å². The first kappa shape index (κ1) is 33.1. The lowest BCUT2D eigenvalue weighted by Crippen LogP contribution is -2.54. The van der Waals surface area contributed by atoms with Crippen LogP contribution < -0.4 is 19.1 Å². The number of sulfonamides is 1. The second-order valence-corrected chi connectivity index (χ2v) is 14.1. The summed E-state index contributed by atoms with van der Waals surface area (Å²) in [5, 5.41) is 3.53. The van der Waals surface area contributed by atoms with Gasteiger partial charge < -0.3 is 19.7 Å². The number of nitrogens with one attached hydrogen (secondary N) is 1. The van der Waals surface area contributed by atoms with Gasteiger partial charge in [0.05, 0.1) is 11.9 Å². The lowest BCUT2D eigenvalue weighted by molar-refractivity contribution is -0.142. The number of benzene rings is 3. The van der Waals surface area contributed by atoms with Gasteiger partial charge in [0.15, 0.2) is 11.5 Å². The van der Waals surface area contributed by atoms with Crippen LogP contribution in [0, 0.1) is 0 Å². The third-order valence-corrected chi connectivity index (χ3v) is 8.60. The lowest BCUT2D eigenvalue weighted by Gasteiger charge is -2.34. The smallest absolute Gasteiger partial charge is 0.243 e. The van der Waals surface area contributed by atoms with E-state index in [4.69, 9.17) is 21.1 Å². The monoisotopic (exact) mass is 641 g/mol. The van der Waals surface area contributed by atoms with Crippen molar-refractivity contribution in [2.24, 2.45) is 0 Å². The maximum atomic E-state index is 14.0. The third kappa shape index (κ3) is 9.12. The number of anilines is 1. The van der Waals surface area contributed by atoms with E-state index in [0.717, 1.165) is 11.8 Å². The van der Waals surface area contributed by atoms with Gasteiger partial charge in [-0.25, -0.2) is 8.42 Å². The number of hydrogen-bond donors (Lipinski definition) is 1. The van der Waals surface area contributed by atoms with Crippen LogP contribution in [0.2, 0.25) is 5.02 Å². The zero-order chi connectivity index (χ0) is 31.9. The molecule has 1 aliphatic rings. The summed E-state index contributed by atoms with van der Waals surface area (Å²) in [6, 6.07) is 20.9. The molecule has 3 aromatic carbocycles. The van der Waals surface area contributed by atoms with Gasteiger partial charge in [-0.2, -0.15) is 0 Å². The number of carbonyl (C=O) groups is 2. The van der Waals surface area contributed by atoms with Crippen LogP contribution in [0.25, 0.3) is 0 Å². The van der Waals surface area contributed by atoms with Crippen LogP contribution in [0.5, 0.6) is 11.5 Å². The molecule has 2 amide bonds. The fraction of sp³-hybridized carbons (Fsp3) is 0.394. The Balaban J connectivity index is 1.60. The zero-order valence-corrected chi connectivity index (χ0v) is 27.2. The fourth-order valence-corrected chi connectivity index (χ4v) is 6.16. The number of amides is 2. The average molecular weight is 642 g/mol. The van der Waals surface area contributed by atoms with Gasteiger partial charge in [0.1, 0.15) is 19.3 Å². The van der Waals surface area contributed by atoms with Crippen molar-refractivity contribution < 1.29 is 27.5 Å². The summed E-state index contributed by atoms with van der Waals surface area (Å²) in [5.74, 6) is 0.455. The average Bonchev–Trinajstić information content (AvgIpc) is 2.96. The molecule has 236 valence electrons. The molecule has 0 unspecified atom stereocenters. The molecule has 0 aliphatic carbocycles. The van der Waals surface area contributed by atoms with Crippen LogP contribution in [0.3, 0.4) is 0 Å². The molecule has 1 heterocycles. The summed E-state index contributed by atoms with van der Waals surface area (Å²) in [5.41, 5.74) is 1.51. The minimum Gasteiger partial charge on any atom is -0.486 e. The van der Waals surface area contributed by atoms with E-state index >= 15 is 0 Å². The van der Waals surface area contributed by atoms with Crippen molar-refractivity contribution in [1.29, 1.82) is 0 Å². The van der Waals surface area contributed by atoms with Gasteiger partial charge in [-0.15, -0.1) is 0 Å². The molecule has 1 atom stereocenters. The Morgan fingerprint density at radius 1 is 0.955 bits per heavy atom. The summed E-state index contributed by atoms with van der Waals surface area (Å²) in [6.07, 6.45) is 1.65. The Labute approximate surface area is 265 Å². The van der Waals surface area contributed by atoms with Crippen molar-refractivity contribution in [2.75, 3.05) is 30.3 Å². The molecule has 0 radical (unpaired) electrons. The molecule has 1 aliphatic heterocycles. The van der Waals surface area contributed by atoms with Gasteiger partial charge in [-0.05, 0) is 56.5 Å². The number of carbonyl (C=O) groups excluding carboxylic acids is 2. The highest BCUT2D eigenvalue weighted by Gasteiger charge is 2.32. The first-order chi connectivity index (χ1) is 20.8. The molecule has 1 N–H and O–H groups in total. The van der Waals surface area contributed by atoms with Crippen LogP contribution in [-0.4, -0.2) is 62.7 Å². The summed E-state index contributed by atoms with van der Waals surface area (Å²) in [6.45, 7) is 6.65. The van der Waals surface area contributed by atoms with Crippen LogP contribution in [0.4, 0.5) is 5.69 Å². The largest absolute Gasteiger partial charge is 0.486 e. The second-order valence-electron chi connectivity index (χ2n) is 11.8. The van der Waals surface area contributed by atoms with Crippen LogP contribution >= 0.6 is 11.6 Å². The SMILES string of the molecule is CC(C)(C)NC(=O)[C@@H](Cc1ccccc1)N(Cc1ccccc1Cl)C(=O)CCCN(c1ccc2c(c1)OCCO2)S(C)(=O)=O. The quantitative estimate of drug-likeness (QED) is 0.291. The second kappa shape index (κ2) is 14.3. The number of halogens is 1. The summed E-state index contributed by atoms with van der Waals surface area (Å²) < 4.78 is 38.1. The fourth-order valence-electron chi connectivity index (χ4n) is 5.01.